The minimum atomic E-state index is -0.384. The van der Waals surface area contributed by atoms with Gasteiger partial charge in [0.15, 0.2) is 0 Å². The SMILES string of the molecule is CCc1ccc(NC2=C(c3ccc(Cl)cc3)C(=O)N(c3ccccc3)C2=O)cc1. The average molecular weight is 403 g/mol. The van der Waals surface area contributed by atoms with E-state index in [1.165, 1.54) is 10.5 Å². The van der Waals surface area contributed by atoms with Crippen molar-refractivity contribution in [2.45, 2.75) is 13.3 Å². The highest BCUT2D eigenvalue weighted by Gasteiger charge is 2.40. The summed E-state index contributed by atoms with van der Waals surface area (Å²) in [7, 11) is 0. The lowest BCUT2D eigenvalue weighted by Crippen LogP contribution is -2.32. The van der Waals surface area contributed by atoms with Crippen LogP contribution in [-0.2, 0) is 16.0 Å². The fourth-order valence-electron chi connectivity index (χ4n) is 3.31. The Balaban J connectivity index is 1.79. The first-order valence-electron chi connectivity index (χ1n) is 9.38. The topological polar surface area (TPSA) is 49.4 Å². The Labute approximate surface area is 174 Å². The molecule has 0 aromatic heterocycles. The van der Waals surface area contributed by atoms with Crippen LogP contribution in [0, 0.1) is 0 Å². The Morgan fingerprint density at radius 2 is 1.48 bits per heavy atom. The Morgan fingerprint density at radius 1 is 0.828 bits per heavy atom. The number of imide groups is 1. The molecule has 3 aromatic rings. The molecule has 0 atom stereocenters. The van der Waals surface area contributed by atoms with Gasteiger partial charge in [-0.3, -0.25) is 9.59 Å². The van der Waals surface area contributed by atoms with Gasteiger partial charge in [0.1, 0.15) is 5.70 Å². The number of aryl methyl sites for hydroxylation is 1. The number of rotatable bonds is 5. The normalized spacial score (nSPS) is 13.9. The van der Waals surface area contributed by atoms with Crippen molar-refractivity contribution in [3.63, 3.8) is 0 Å². The van der Waals surface area contributed by atoms with Gasteiger partial charge < -0.3 is 5.32 Å². The van der Waals surface area contributed by atoms with Crippen molar-refractivity contribution < 1.29 is 9.59 Å². The predicted molar refractivity (Wildman–Crippen MR) is 117 cm³/mol. The Hall–Kier alpha value is -3.37. The van der Waals surface area contributed by atoms with E-state index in [-0.39, 0.29) is 17.5 Å². The summed E-state index contributed by atoms with van der Waals surface area (Å²) in [5, 5.41) is 3.74. The first-order chi connectivity index (χ1) is 14.1. The highest BCUT2D eigenvalue weighted by molar-refractivity contribution is 6.46. The largest absolute Gasteiger partial charge is 0.350 e. The van der Waals surface area contributed by atoms with Crippen molar-refractivity contribution in [1.82, 2.24) is 0 Å². The van der Waals surface area contributed by atoms with E-state index in [0.29, 0.717) is 21.8 Å². The van der Waals surface area contributed by atoms with Crippen LogP contribution in [0.1, 0.15) is 18.1 Å². The molecule has 0 bridgehead atoms. The fraction of sp³-hybridized carbons (Fsp3) is 0.0833. The molecule has 0 unspecified atom stereocenters. The van der Waals surface area contributed by atoms with Crippen molar-refractivity contribution in [2.24, 2.45) is 0 Å². The minimum Gasteiger partial charge on any atom is -0.350 e. The van der Waals surface area contributed by atoms with Gasteiger partial charge in [0.05, 0.1) is 11.3 Å². The van der Waals surface area contributed by atoms with Gasteiger partial charge in [-0.1, -0.05) is 61.0 Å². The van der Waals surface area contributed by atoms with Gasteiger partial charge >= 0.3 is 0 Å². The third-order valence-electron chi connectivity index (χ3n) is 4.86. The molecule has 29 heavy (non-hydrogen) atoms. The summed E-state index contributed by atoms with van der Waals surface area (Å²) in [5.41, 5.74) is 3.70. The average Bonchev–Trinajstić information content (AvgIpc) is 2.99. The zero-order valence-electron chi connectivity index (χ0n) is 15.9. The number of hydrogen-bond donors (Lipinski definition) is 1. The molecule has 4 nitrogen and oxygen atoms in total. The van der Waals surface area contributed by atoms with Crippen molar-refractivity contribution in [3.8, 4) is 0 Å². The molecular weight excluding hydrogens is 384 g/mol. The van der Waals surface area contributed by atoms with E-state index in [0.717, 1.165) is 12.1 Å². The van der Waals surface area contributed by atoms with E-state index < -0.39 is 0 Å². The maximum absolute atomic E-state index is 13.3. The number of amides is 2. The van der Waals surface area contributed by atoms with Crippen LogP contribution >= 0.6 is 11.6 Å². The number of carbonyl (C=O) groups excluding carboxylic acids is 2. The molecule has 4 rings (SSSR count). The molecule has 1 N–H and O–H groups in total. The van der Waals surface area contributed by atoms with Crippen molar-refractivity contribution in [3.05, 3.63) is 101 Å². The van der Waals surface area contributed by atoms with Crippen molar-refractivity contribution in [1.29, 1.82) is 0 Å². The van der Waals surface area contributed by atoms with Gasteiger partial charge in [-0.05, 0) is 53.9 Å². The summed E-state index contributed by atoms with van der Waals surface area (Å²) in [4.78, 5) is 27.7. The van der Waals surface area contributed by atoms with E-state index in [1.807, 2.05) is 30.3 Å². The van der Waals surface area contributed by atoms with Crippen LogP contribution in [-0.4, -0.2) is 11.8 Å². The van der Waals surface area contributed by atoms with Crippen LogP contribution in [0.2, 0.25) is 5.02 Å². The number of benzene rings is 3. The van der Waals surface area contributed by atoms with Gasteiger partial charge in [0.25, 0.3) is 11.8 Å². The monoisotopic (exact) mass is 402 g/mol. The number of anilines is 2. The van der Waals surface area contributed by atoms with E-state index in [1.54, 1.807) is 48.5 Å². The third-order valence-corrected chi connectivity index (χ3v) is 5.11. The predicted octanol–water partition coefficient (Wildman–Crippen LogP) is 5.30. The van der Waals surface area contributed by atoms with E-state index in [9.17, 15) is 9.59 Å². The lowest BCUT2D eigenvalue weighted by atomic mass is 10.0. The Morgan fingerprint density at radius 3 is 2.10 bits per heavy atom. The molecule has 0 radical (unpaired) electrons. The first-order valence-corrected chi connectivity index (χ1v) is 9.76. The first kappa shape index (κ1) is 19.0. The quantitative estimate of drug-likeness (QED) is 0.589. The third kappa shape index (κ3) is 3.67. The summed E-state index contributed by atoms with van der Waals surface area (Å²) in [6.45, 7) is 2.08. The minimum absolute atomic E-state index is 0.255. The number of hydrogen-bond acceptors (Lipinski definition) is 3. The Kier molecular flexibility index (Phi) is 5.19. The van der Waals surface area contributed by atoms with Gasteiger partial charge in [-0.15, -0.1) is 0 Å². The second-order valence-electron chi connectivity index (χ2n) is 6.71. The number of carbonyl (C=O) groups is 2. The second-order valence-corrected chi connectivity index (χ2v) is 7.15. The zero-order chi connectivity index (χ0) is 20.4. The zero-order valence-corrected chi connectivity index (χ0v) is 16.6. The standard InChI is InChI=1S/C24H19ClN2O2/c1-2-16-8-14-19(15-9-16)26-22-21(17-10-12-18(25)13-11-17)23(28)27(24(22)29)20-6-4-3-5-7-20/h3-15,26H,2H2,1H3. The molecule has 1 aliphatic heterocycles. The van der Waals surface area contributed by atoms with Crippen LogP contribution in [0.3, 0.4) is 0 Å². The van der Waals surface area contributed by atoms with Crippen LogP contribution in [0.4, 0.5) is 11.4 Å². The molecule has 1 aliphatic rings. The highest BCUT2D eigenvalue weighted by atomic mass is 35.5. The number of halogens is 1. The number of para-hydroxylation sites is 1. The lowest BCUT2D eigenvalue weighted by molar-refractivity contribution is -0.120. The van der Waals surface area contributed by atoms with Crippen LogP contribution < -0.4 is 10.2 Å². The molecular formula is C24H19ClN2O2. The van der Waals surface area contributed by atoms with Gasteiger partial charge in [0.2, 0.25) is 0 Å². The summed E-state index contributed by atoms with van der Waals surface area (Å²) >= 11 is 6.01. The molecule has 2 amide bonds. The maximum atomic E-state index is 13.3. The summed E-state index contributed by atoms with van der Waals surface area (Å²) in [6.07, 6.45) is 0.929. The molecule has 3 aromatic carbocycles. The maximum Gasteiger partial charge on any atom is 0.282 e. The molecule has 0 fully saturated rings. The van der Waals surface area contributed by atoms with E-state index >= 15 is 0 Å². The van der Waals surface area contributed by atoms with Crippen molar-refractivity contribution in [2.75, 3.05) is 10.2 Å². The Bertz CT molecular complexity index is 1090. The number of nitrogens with one attached hydrogen (secondary N) is 1. The van der Waals surface area contributed by atoms with E-state index in [4.69, 9.17) is 11.6 Å². The summed E-state index contributed by atoms with van der Waals surface area (Å²) in [5.74, 6) is -0.748. The van der Waals surface area contributed by atoms with Gasteiger partial charge in [-0.2, -0.15) is 0 Å². The molecule has 0 saturated heterocycles. The van der Waals surface area contributed by atoms with Crippen LogP contribution in [0.25, 0.3) is 5.57 Å². The van der Waals surface area contributed by atoms with Crippen LogP contribution in [0.15, 0.2) is 84.6 Å². The summed E-state index contributed by atoms with van der Waals surface area (Å²) in [6, 6.07) is 23.7. The van der Waals surface area contributed by atoms with Crippen molar-refractivity contribution >= 4 is 40.4 Å². The molecule has 0 spiro atoms. The molecule has 1 heterocycles. The number of nitrogens with zero attached hydrogens (tertiary/aromatic N) is 1. The molecule has 144 valence electrons. The van der Waals surface area contributed by atoms with Gasteiger partial charge in [0, 0.05) is 10.7 Å². The second kappa shape index (κ2) is 7.94. The molecule has 0 saturated carbocycles. The smallest absolute Gasteiger partial charge is 0.282 e. The summed E-state index contributed by atoms with van der Waals surface area (Å²) < 4.78 is 0. The lowest BCUT2D eigenvalue weighted by Gasteiger charge is -2.15. The molecule has 5 heteroatoms. The van der Waals surface area contributed by atoms with Gasteiger partial charge in [-0.25, -0.2) is 4.90 Å². The van der Waals surface area contributed by atoms with E-state index in [2.05, 4.69) is 12.2 Å². The van der Waals surface area contributed by atoms with Crippen LogP contribution in [0.5, 0.6) is 0 Å². The highest BCUT2D eigenvalue weighted by Crippen LogP contribution is 2.34. The molecule has 0 aliphatic carbocycles. The fourth-order valence-corrected chi connectivity index (χ4v) is 3.44.